The van der Waals surface area contributed by atoms with Crippen LogP contribution in [-0.4, -0.2) is 40.7 Å². The summed E-state index contributed by atoms with van der Waals surface area (Å²) in [4.78, 5) is 0. The fraction of sp³-hybridized carbons (Fsp3) is 0.750. The molecule has 1 saturated heterocycles. The van der Waals surface area contributed by atoms with Crippen molar-refractivity contribution in [3.63, 3.8) is 0 Å². The van der Waals surface area contributed by atoms with E-state index in [1.807, 2.05) is 13.8 Å². The van der Waals surface area contributed by atoms with Gasteiger partial charge in [-0.3, -0.25) is 5.10 Å². The minimum atomic E-state index is -0.607. The maximum atomic E-state index is 10.3. The van der Waals surface area contributed by atoms with Gasteiger partial charge in [-0.2, -0.15) is 5.10 Å². The van der Waals surface area contributed by atoms with Gasteiger partial charge in [0.25, 0.3) is 0 Å². The number of hydrogen-bond donors (Lipinski definition) is 3. The highest BCUT2D eigenvalue weighted by atomic mass is 16.5. The molecule has 0 spiro atoms. The SMILES string of the molecule is Cc1n[nH]c(C)c1CNCC1(O)CCOCC1. The lowest BCUT2D eigenvalue weighted by molar-refractivity contribution is -0.0617. The van der Waals surface area contributed by atoms with Gasteiger partial charge in [0.2, 0.25) is 0 Å². The molecule has 17 heavy (non-hydrogen) atoms. The highest BCUT2D eigenvalue weighted by Gasteiger charge is 2.29. The molecule has 0 amide bonds. The van der Waals surface area contributed by atoms with Crippen molar-refractivity contribution in [2.24, 2.45) is 0 Å². The molecular formula is C12H21N3O2. The number of ether oxygens (including phenoxy) is 1. The Morgan fingerprint density at radius 2 is 2.12 bits per heavy atom. The quantitative estimate of drug-likeness (QED) is 0.722. The zero-order valence-corrected chi connectivity index (χ0v) is 10.5. The number of rotatable bonds is 4. The Morgan fingerprint density at radius 3 is 2.71 bits per heavy atom. The third-order valence-corrected chi connectivity index (χ3v) is 3.46. The molecule has 3 N–H and O–H groups in total. The maximum Gasteiger partial charge on any atom is 0.0815 e. The average molecular weight is 239 g/mol. The first-order valence-corrected chi connectivity index (χ1v) is 6.12. The van der Waals surface area contributed by atoms with Gasteiger partial charge in [0, 0.05) is 50.4 Å². The third-order valence-electron chi connectivity index (χ3n) is 3.46. The number of nitrogens with one attached hydrogen (secondary N) is 2. The molecule has 2 rings (SSSR count). The predicted octanol–water partition coefficient (Wildman–Crippen LogP) is 0.658. The van der Waals surface area contributed by atoms with E-state index in [1.165, 1.54) is 5.56 Å². The topological polar surface area (TPSA) is 70.2 Å². The molecule has 1 aromatic rings. The van der Waals surface area contributed by atoms with E-state index in [2.05, 4.69) is 15.5 Å². The smallest absolute Gasteiger partial charge is 0.0815 e. The molecule has 0 radical (unpaired) electrons. The second-order valence-electron chi connectivity index (χ2n) is 4.85. The van der Waals surface area contributed by atoms with Gasteiger partial charge in [-0.1, -0.05) is 0 Å². The van der Waals surface area contributed by atoms with Crippen molar-refractivity contribution in [3.05, 3.63) is 17.0 Å². The number of aryl methyl sites for hydroxylation is 2. The summed E-state index contributed by atoms with van der Waals surface area (Å²) in [6.45, 7) is 6.67. The summed E-state index contributed by atoms with van der Waals surface area (Å²) in [6.07, 6.45) is 1.42. The highest BCUT2D eigenvalue weighted by Crippen LogP contribution is 2.19. The van der Waals surface area contributed by atoms with E-state index in [1.54, 1.807) is 0 Å². The van der Waals surface area contributed by atoms with Crippen molar-refractivity contribution in [2.45, 2.75) is 38.8 Å². The normalized spacial score (nSPS) is 19.5. The summed E-state index contributed by atoms with van der Waals surface area (Å²) in [6, 6.07) is 0. The van der Waals surface area contributed by atoms with E-state index in [0.717, 1.165) is 17.9 Å². The molecule has 0 unspecified atom stereocenters. The Kier molecular flexibility index (Phi) is 3.81. The van der Waals surface area contributed by atoms with Crippen molar-refractivity contribution in [1.29, 1.82) is 0 Å². The summed E-state index contributed by atoms with van der Waals surface area (Å²) in [5.74, 6) is 0. The number of nitrogens with zero attached hydrogens (tertiary/aromatic N) is 1. The largest absolute Gasteiger partial charge is 0.388 e. The fourth-order valence-electron chi connectivity index (χ4n) is 2.18. The molecule has 0 aliphatic carbocycles. The number of aromatic amines is 1. The molecule has 1 aliphatic heterocycles. The Hall–Kier alpha value is -0.910. The predicted molar refractivity (Wildman–Crippen MR) is 64.8 cm³/mol. The standard InChI is InChI=1S/C12H21N3O2/c1-9-11(10(2)15-14-9)7-13-8-12(16)3-5-17-6-4-12/h13,16H,3-8H2,1-2H3,(H,14,15). The van der Waals surface area contributed by atoms with Crippen LogP contribution in [0.15, 0.2) is 0 Å². The summed E-state index contributed by atoms with van der Waals surface area (Å²) in [5, 5.41) is 20.7. The Bertz CT molecular complexity index is 350. The molecule has 96 valence electrons. The first-order valence-electron chi connectivity index (χ1n) is 6.12. The molecule has 1 aliphatic rings. The maximum absolute atomic E-state index is 10.3. The number of H-pyrrole nitrogens is 1. The molecule has 0 aromatic carbocycles. The molecule has 0 bridgehead atoms. The lowest BCUT2D eigenvalue weighted by atomic mass is 9.94. The van der Waals surface area contributed by atoms with Gasteiger partial charge in [-0.25, -0.2) is 0 Å². The van der Waals surface area contributed by atoms with Crippen LogP contribution in [0.5, 0.6) is 0 Å². The first-order chi connectivity index (χ1) is 8.11. The van der Waals surface area contributed by atoms with Crippen molar-refractivity contribution in [2.75, 3.05) is 19.8 Å². The lowest BCUT2D eigenvalue weighted by Crippen LogP contribution is -2.44. The minimum absolute atomic E-state index is 0.607. The number of hydrogen-bond acceptors (Lipinski definition) is 4. The van der Waals surface area contributed by atoms with Gasteiger partial charge >= 0.3 is 0 Å². The van der Waals surface area contributed by atoms with E-state index in [-0.39, 0.29) is 0 Å². The molecule has 1 aromatic heterocycles. The van der Waals surface area contributed by atoms with Crippen molar-refractivity contribution < 1.29 is 9.84 Å². The minimum Gasteiger partial charge on any atom is -0.388 e. The van der Waals surface area contributed by atoms with Crippen LogP contribution in [0.4, 0.5) is 0 Å². The van der Waals surface area contributed by atoms with Gasteiger partial charge in [0.1, 0.15) is 0 Å². The van der Waals surface area contributed by atoms with Crippen LogP contribution < -0.4 is 5.32 Å². The van der Waals surface area contributed by atoms with Crippen molar-refractivity contribution in [1.82, 2.24) is 15.5 Å². The van der Waals surface area contributed by atoms with Crippen LogP contribution in [0.25, 0.3) is 0 Å². The molecule has 0 atom stereocenters. The Morgan fingerprint density at radius 1 is 1.41 bits per heavy atom. The molecule has 2 heterocycles. The van der Waals surface area contributed by atoms with Crippen LogP contribution in [0, 0.1) is 13.8 Å². The van der Waals surface area contributed by atoms with E-state index < -0.39 is 5.60 Å². The number of aromatic nitrogens is 2. The summed E-state index contributed by atoms with van der Waals surface area (Å²) in [5.41, 5.74) is 2.70. The molecule has 0 saturated carbocycles. The zero-order valence-electron chi connectivity index (χ0n) is 10.5. The summed E-state index contributed by atoms with van der Waals surface area (Å²) in [7, 11) is 0. The van der Waals surface area contributed by atoms with Crippen molar-refractivity contribution >= 4 is 0 Å². The average Bonchev–Trinajstić information content (AvgIpc) is 2.61. The van der Waals surface area contributed by atoms with E-state index in [4.69, 9.17) is 4.74 Å². The van der Waals surface area contributed by atoms with Crippen LogP contribution in [0.3, 0.4) is 0 Å². The second kappa shape index (κ2) is 5.16. The monoisotopic (exact) mass is 239 g/mol. The summed E-state index contributed by atoms with van der Waals surface area (Å²) >= 11 is 0. The van der Waals surface area contributed by atoms with Crippen LogP contribution in [0.2, 0.25) is 0 Å². The van der Waals surface area contributed by atoms with Gasteiger partial charge in [-0.15, -0.1) is 0 Å². The van der Waals surface area contributed by atoms with E-state index in [9.17, 15) is 5.11 Å². The van der Waals surface area contributed by atoms with Crippen molar-refractivity contribution in [3.8, 4) is 0 Å². The van der Waals surface area contributed by atoms with Gasteiger partial charge in [-0.05, 0) is 13.8 Å². The van der Waals surface area contributed by atoms with Gasteiger partial charge in [0.15, 0.2) is 0 Å². The summed E-state index contributed by atoms with van der Waals surface area (Å²) < 4.78 is 5.25. The van der Waals surface area contributed by atoms with Gasteiger partial charge < -0.3 is 15.2 Å². The zero-order chi connectivity index (χ0) is 12.3. The number of aliphatic hydroxyl groups is 1. The van der Waals surface area contributed by atoms with Crippen LogP contribution in [0.1, 0.15) is 29.8 Å². The molecule has 1 fully saturated rings. The molecular weight excluding hydrogens is 218 g/mol. The Labute approximate surface area is 102 Å². The highest BCUT2D eigenvalue weighted by molar-refractivity contribution is 5.22. The third kappa shape index (κ3) is 3.06. The molecule has 5 heteroatoms. The van der Waals surface area contributed by atoms with Crippen LogP contribution >= 0.6 is 0 Å². The van der Waals surface area contributed by atoms with Gasteiger partial charge in [0.05, 0.1) is 11.3 Å². The Balaban J connectivity index is 1.83. The fourth-order valence-corrected chi connectivity index (χ4v) is 2.18. The van der Waals surface area contributed by atoms with E-state index >= 15 is 0 Å². The first kappa shape index (κ1) is 12.5. The van der Waals surface area contributed by atoms with E-state index in [0.29, 0.717) is 32.6 Å². The van der Waals surface area contributed by atoms with Crippen LogP contribution in [-0.2, 0) is 11.3 Å². The molecule has 5 nitrogen and oxygen atoms in total. The second-order valence-corrected chi connectivity index (χ2v) is 4.85. The lowest BCUT2D eigenvalue weighted by Gasteiger charge is -2.32.